The number of benzene rings is 4. The first-order chi connectivity index (χ1) is 25.3. The molecule has 0 amide bonds. The molecule has 0 saturated carbocycles. The van der Waals surface area contributed by atoms with Crippen LogP contribution in [0.4, 0.5) is 11.4 Å². The van der Waals surface area contributed by atoms with Crippen LogP contribution in [0.25, 0.3) is 30.0 Å². The van der Waals surface area contributed by atoms with Gasteiger partial charge in [0, 0.05) is 4.90 Å². The molecule has 0 spiro atoms. The Labute approximate surface area is 331 Å². The van der Waals surface area contributed by atoms with Gasteiger partial charge < -0.3 is 0 Å². The molecule has 0 radical (unpaired) electrons. The molecule has 0 bridgehead atoms. The van der Waals surface area contributed by atoms with E-state index in [9.17, 15) is 14.7 Å². The summed E-state index contributed by atoms with van der Waals surface area (Å²) in [6, 6.07) is 27.6. The zero-order valence-corrected chi connectivity index (χ0v) is 35.1. The van der Waals surface area contributed by atoms with E-state index in [2.05, 4.69) is 51.3 Å². The van der Waals surface area contributed by atoms with Crippen LogP contribution >= 0.6 is 24.4 Å². The molecule has 0 unspecified atom stereocenters. The van der Waals surface area contributed by atoms with Crippen LogP contribution in [0.5, 0.6) is 0 Å². The molecule has 0 aliphatic rings. The summed E-state index contributed by atoms with van der Waals surface area (Å²) < 4.78 is 7.73. The van der Waals surface area contributed by atoms with Crippen molar-refractivity contribution in [2.75, 3.05) is 6.61 Å². The average molecular weight is 871 g/mol. The summed E-state index contributed by atoms with van der Waals surface area (Å²) in [7, 11) is 0. The van der Waals surface area contributed by atoms with Gasteiger partial charge in [-0.15, -0.1) is 12.6 Å². The molecule has 0 aliphatic heterocycles. The fourth-order valence-electron chi connectivity index (χ4n) is 4.74. The van der Waals surface area contributed by atoms with E-state index in [4.69, 9.17) is 17.9 Å². The molecule has 0 aliphatic carbocycles. The van der Waals surface area contributed by atoms with Crippen molar-refractivity contribution in [2.45, 2.75) is 56.2 Å². The van der Waals surface area contributed by atoms with E-state index >= 15 is 0 Å². The van der Waals surface area contributed by atoms with Crippen LogP contribution in [0, 0.1) is 47.8 Å². The molecule has 2 heterocycles. The Morgan fingerprint density at radius 3 is 1.87 bits per heavy atom. The van der Waals surface area contributed by atoms with Crippen molar-refractivity contribution in [1.82, 2.24) is 9.97 Å². The average Bonchev–Trinajstić information content (AvgIpc) is 3.72. The molecule has 6 rings (SSSR count). The number of carbonyl (C=O) groups is 2. The third kappa shape index (κ3) is 11.4. The van der Waals surface area contributed by atoms with Gasteiger partial charge in [0.2, 0.25) is 0 Å². The fourth-order valence-corrected chi connectivity index (χ4v) is 9.92. The summed E-state index contributed by atoms with van der Waals surface area (Å²) in [5, 5.41) is 9.21. The number of aromatic nitrogens is 2. The van der Waals surface area contributed by atoms with Crippen LogP contribution in [0.3, 0.4) is 0 Å². The third-order valence-electron chi connectivity index (χ3n) is 7.37. The SMILES string of the molecule is Cc1cccc(S)c1.[C-]#[N+]c1cc(-c2nc(C)c(C(=O)O)[se]2)ccc1Sc1cccc(C)c1.[C-]#[N+]c1cc(-c2nc(C)c(C(=O)OCC)[se]2)ccc1C. The maximum atomic E-state index is 11.8. The number of hydrogen-bond acceptors (Lipinski definition) is 7. The zero-order chi connectivity index (χ0) is 38.7. The maximum absolute atomic E-state index is 11.8. The predicted octanol–water partition coefficient (Wildman–Crippen LogP) is 10.3. The van der Waals surface area contributed by atoms with Gasteiger partial charge in [0.1, 0.15) is 0 Å². The van der Waals surface area contributed by atoms with Gasteiger partial charge in [-0.3, -0.25) is 0 Å². The van der Waals surface area contributed by atoms with Crippen molar-refractivity contribution < 1.29 is 19.4 Å². The van der Waals surface area contributed by atoms with Gasteiger partial charge in [-0.25, -0.2) is 0 Å². The molecule has 1 N–H and O–H groups in total. The van der Waals surface area contributed by atoms with E-state index in [1.54, 1.807) is 25.6 Å². The van der Waals surface area contributed by atoms with E-state index in [1.165, 1.54) is 11.1 Å². The molecule has 268 valence electrons. The summed E-state index contributed by atoms with van der Waals surface area (Å²) in [5.74, 6) is -1.19. The summed E-state index contributed by atoms with van der Waals surface area (Å²) in [5.41, 5.74) is 7.61. The molecule has 12 heteroatoms. The van der Waals surface area contributed by atoms with Gasteiger partial charge in [0.25, 0.3) is 0 Å². The number of aryl methyl sites for hydroxylation is 5. The number of thiol groups is 1. The van der Waals surface area contributed by atoms with Gasteiger partial charge in [-0.2, -0.15) is 0 Å². The number of esters is 1. The van der Waals surface area contributed by atoms with Crippen molar-refractivity contribution in [3.63, 3.8) is 0 Å². The van der Waals surface area contributed by atoms with Crippen molar-refractivity contribution in [1.29, 1.82) is 0 Å². The second-order valence-electron chi connectivity index (χ2n) is 11.6. The third-order valence-corrected chi connectivity index (χ3v) is 13.7. The first-order valence-electron chi connectivity index (χ1n) is 16.2. The molecule has 2 aromatic heterocycles. The number of rotatable bonds is 7. The van der Waals surface area contributed by atoms with E-state index in [0.717, 1.165) is 46.2 Å². The van der Waals surface area contributed by atoms with Crippen molar-refractivity contribution in [3.05, 3.63) is 145 Å². The van der Waals surface area contributed by atoms with E-state index in [1.807, 2.05) is 93.6 Å². The Morgan fingerprint density at radius 1 is 0.774 bits per heavy atom. The molecule has 0 saturated heterocycles. The number of ether oxygens (including phenoxy) is 1. The molecule has 4 aromatic carbocycles. The van der Waals surface area contributed by atoms with Crippen molar-refractivity contribution in [2.24, 2.45) is 0 Å². The van der Waals surface area contributed by atoms with E-state index in [0.29, 0.717) is 32.6 Å². The monoisotopic (exact) mass is 872 g/mol. The summed E-state index contributed by atoms with van der Waals surface area (Å²) in [4.78, 5) is 42.1. The van der Waals surface area contributed by atoms with Crippen LogP contribution in [0.15, 0.2) is 99.6 Å². The Morgan fingerprint density at radius 2 is 1.34 bits per heavy atom. The molecular formula is C41H36N4O4S2Se2. The summed E-state index contributed by atoms with van der Waals surface area (Å²) in [6.07, 6.45) is 0. The fraction of sp³-hybridized carbons (Fsp3) is 0.171. The number of aromatic carboxylic acids is 1. The second kappa shape index (κ2) is 19.4. The first-order valence-corrected chi connectivity index (χ1v) is 20.9. The van der Waals surface area contributed by atoms with Crippen LogP contribution in [0.2, 0.25) is 0 Å². The van der Waals surface area contributed by atoms with Gasteiger partial charge >= 0.3 is 280 Å². The van der Waals surface area contributed by atoms with Crippen LogP contribution < -0.4 is 0 Å². The van der Waals surface area contributed by atoms with E-state index in [-0.39, 0.29) is 35.0 Å². The molecular weight excluding hydrogens is 835 g/mol. The van der Waals surface area contributed by atoms with Crippen molar-refractivity contribution >= 4 is 76.7 Å². The summed E-state index contributed by atoms with van der Waals surface area (Å²) >= 11 is 5.22. The predicted molar refractivity (Wildman–Crippen MR) is 217 cm³/mol. The summed E-state index contributed by atoms with van der Waals surface area (Å²) in [6.45, 7) is 26.3. The first kappa shape index (κ1) is 41.1. The minimum atomic E-state index is -0.909. The normalized spacial score (nSPS) is 10.1. The van der Waals surface area contributed by atoms with Gasteiger partial charge in [0.05, 0.1) is 0 Å². The minimum absolute atomic E-state index is 0.162. The zero-order valence-electron chi connectivity index (χ0n) is 29.9. The van der Waals surface area contributed by atoms with Crippen LogP contribution in [0.1, 0.15) is 53.5 Å². The standard InChI is InChI=1S/C19H14N2O2SSe.C15H14N2O2Se.C7H8S/c1-11-5-4-6-14(9-11)24-16-8-7-13(10-15(16)20-3)18-21-12(2)17(25-18)19(22)23;1-5-19-15(18)13-10(3)17-14(20-13)11-7-6-9(2)12(8-11)16-4;1-6-3-2-4-7(8)5-6/h4-10H,1-2H3,(H,22,23);6-8H,5H2,1-3H3;2-5,8H,1H3. The number of carboxylic acids is 1. The molecule has 8 nitrogen and oxygen atoms in total. The Kier molecular flexibility index (Phi) is 15.1. The molecule has 53 heavy (non-hydrogen) atoms. The topological polar surface area (TPSA) is 98.1 Å². The molecule has 6 aromatic rings. The van der Waals surface area contributed by atoms with Gasteiger partial charge in [-0.05, 0) is 19.1 Å². The van der Waals surface area contributed by atoms with Gasteiger partial charge in [-0.1, -0.05) is 17.7 Å². The number of carboxylic acid groups (broad SMARTS) is 1. The quantitative estimate of drug-likeness (QED) is 0.0714. The molecule has 0 fully saturated rings. The van der Waals surface area contributed by atoms with Crippen molar-refractivity contribution in [3.8, 4) is 20.3 Å². The van der Waals surface area contributed by atoms with Crippen LogP contribution in [-0.4, -0.2) is 62.6 Å². The van der Waals surface area contributed by atoms with Gasteiger partial charge in [0.15, 0.2) is 0 Å². The Balaban J connectivity index is 0.000000199. The number of carbonyl (C=O) groups excluding carboxylic acids is 1. The molecule has 0 atom stereocenters. The second-order valence-corrected chi connectivity index (χ2v) is 17.4. The Hall–Kier alpha value is -4.64. The van der Waals surface area contributed by atoms with E-state index < -0.39 is 5.97 Å². The number of nitrogens with zero attached hydrogens (tertiary/aromatic N) is 4. The Bertz CT molecular complexity index is 2340. The number of hydrogen-bond donors (Lipinski definition) is 2. The van der Waals surface area contributed by atoms with Crippen LogP contribution in [-0.2, 0) is 4.74 Å².